The lowest BCUT2D eigenvalue weighted by Crippen LogP contribution is -2.50. The number of urea groups is 1. The van der Waals surface area contributed by atoms with Crippen molar-refractivity contribution in [2.24, 2.45) is 5.41 Å². The summed E-state index contributed by atoms with van der Waals surface area (Å²) in [5.41, 5.74) is 0.334. The highest BCUT2D eigenvalue weighted by molar-refractivity contribution is 5.83. The summed E-state index contributed by atoms with van der Waals surface area (Å²) in [5, 5.41) is 5.75. The molecule has 0 atom stereocenters. The molecule has 1 aliphatic rings. The standard InChI is InChI=1S/C20H24FN3O3/c1-20(18(25)22-13-15-4-6-16(21)7-5-15)8-10-24(11-9-20)19(26)23-14-17-3-2-12-27-17/h2-7,12H,8-11,13-14H2,1H3,(H,22,25)(H,23,26). The summed E-state index contributed by atoms with van der Waals surface area (Å²) < 4.78 is 18.1. The van der Waals surface area contributed by atoms with E-state index in [4.69, 9.17) is 4.42 Å². The van der Waals surface area contributed by atoms with Crippen LogP contribution in [-0.4, -0.2) is 29.9 Å². The molecule has 3 rings (SSSR count). The summed E-state index contributed by atoms with van der Waals surface area (Å²) in [5.74, 6) is 0.363. The Balaban J connectivity index is 1.45. The predicted molar refractivity (Wildman–Crippen MR) is 98.1 cm³/mol. The fourth-order valence-corrected chi connectivity index (χ4v) is 3.12. The maximum absolute atomic E-state index is 12.9. The van der Waals surface area contributed by atoms with E-state index in [0.29, 0.717) is 44.8 Å². The number of benzene rings is 1. The van der Waals surface area contributed by atoms with Crippen LogP contribution in [0.2, 0.25) is 0 Å². The molecule has 0 spiro atoms. The number of carbonyl (C=O) groups is 2. The zero-order valence-electron chi connectivity index (χ0n) is 15.3. The molecule has 27 heavy (non-hydrogen) atoms. The molecule has 2 heterocycles. The molecule has 3 amide bonds. The van der Waals surface area contributed by atoms with Gasteiger partial charge >= 0.3 is 6.03 Å². The van der Waals surface area contributed by atoms with Gasteiger partial charge in [0.05, 0.1) is 12.8 Å². The molecule has 1 aliphatic heterocycles. The Bertz CT molecular complexity index is 766. The Hall–Kier alpha value is -2.83. The number of furan rings is 1. The van der Waals surface area contributed by atoms with Gasteiger partial charge in [-0.05, 0) is 42.7 Å². The van der Waals surface area contributed by atoms with Crippen LogP contribution in [0.25, 0.3) is 0 Å². The lowest BCUT2D eigenvalue weighted by Gasteiger charge is -2.38. The molecule has 6 nitrogen and oxygen atoms in total. The van der Waals surface area contributed by atoms with Gasteiger partial charge in [-0.15, -0.1) is 0 Å². The van der Waals surface area contributed by atoms with Gasteiger partial charge in [0.25, 0.3) is 0 Å². The fourth-order valence-electron chi connectivity index (χ4n) is 3.12. The molecule has 7 heteroatoms. The maximum atomic E-state index is 12.9. The van der Waals surface area contributed by atoms with E-state index in [1.807, 2.05) is 6.92 Å². The number of carbonyl (C=O) groups excluding carboxylic acids is 2. The third-order valence-corrected chi connectivity index (χ3v) is 5.06. The SMILES string of the molecule is CC1(C(=O)NCc2ccc(F)cc2)CCN(C(=O)NCc2ccco2)CC1. The Morgan fingerprint density at radius 3 is 2.44 bits per heavy atom. The second-order valence-corrected chi connectivity index (χ2v) is 7.09. The van der Waals surface area contributed by atoms with Crippen LogP contribution in [0.4, 0.5) is 9.18 Å². The quantitative estimate of drug-likeness (QED) is 0.846. The molecule has 2 N–H and O–H groups in total. The van der Waals surface area contributed by atoms with E-state index < -0.39 is 5.41 Å². The van der Waals surface area contributed by atoms with Crippen molar-refractivity contribution < 1.29 is 18.4 Å². The zero-order chi connectivity index (χ0) is 19.3. The van der Waals surface area contributed by atoms with Gasteiger partial charge in [0.2, 0.25) is 5.91 Å². The summed E-state index contributed by atoms with van der Waals surface area (Å²) in [7, 11) is 0. The highest BCUT2D eigenvalue weighted by Crippen LogP contribution is 2.31. The van der Waals surface area contributed by atoms with E-state index in [-0.39, 0.29) is 17.8 Å². The van der Waals surface area contributed by atoms with Gasteiger partial charge in [0.15, 0.2) is 0 Å². The molecular weight excluding hydrogens is 349 g/mol. The van der Waals surface area contributed by atoms with E-state index in [1.165, 1.54) is 12.1 Å². The van der Waals surface area contributed by atoms with E-state index in [9.17, 15) is 14.0 Å². The van der Waals surface area contributed by atoms with Gasteiger partial charge in [-0.2, -0.15) is 0 Å². The van der Waals surface area contributed by atoms with Crippen molar-refractivity contribution in [2.75, 3.05) is 13.1 Å². The third-order valence-electron chi connectivity index (χ3n) is 5.06. The summed E-state index contributed by atoms with van der Waals surface area (Å²) in [4.78, 5) is 26.6. The molecule has 0 saturated carbocycles. The zero-order valence-corrected chi connectivity index (χ0v) is 15.3. The van der Waals surface area contributed by atoms with Crippen LogP contribution in [0.3, 0.4) is 0 Å². The van der Waals surface area contributed by atoms with Crippen molar-refractivity contribution in [3.8, 4) is 0 Å². The van der Waals surface area contributed by atoms with Crippen LogP contribution in [0.5, 0.6) is 0 Å². The fraction of sp³-hybridized carbons (Fsp3) is 0.400. The molecule has 1 saturated heterocycles. The normalized spacial score (nSPS) is 16.0. The topological polar surface area (TPSA) is 74.6 Å². The minimum atomic E-state index is -0.516. The van der Waals surface area contributed by atoms with E-state index in [0.717, 1.165) is 5.56 Å². The van der Waals surface area contributed by atoms with Crippen molar-refractivity contribution in [1.29, 1.82) is 0 Å². The van der Waals surface area contributed by atoms with E-state index >= 15 is 0 Å². The third kappa shape index (κ3) is 4.87. The van der Waals surface area contributed by atoms with Crippen LogP contribution in [0.15, 0.2) is 47.1 Å². The summed E-state index contributed by atoms with van der Waals surface area (Å²) >= 11 is 0. The summed E-state index contributed by atoms with van der Waals surface area (Å²) in [6.07, 6.45) is 2.76. The molecule has 1 fully saturated rings. The Morgan fingerprint density at radius 2 is 1.81 bits per heavy atom. The van der Waals surface area contributed by atoms with Crippen LogP contribution in [0, 0.1) is 11.2 Å². The monoisotopic (exact) mass is 373 g/mol. The number of rotatable bonds is 5. The van der Waals surface area contributed by atoms with Crippen molar-refractivity contribution in [1.82, 2.24) is 15.5 Å². The summed E-state index contributed by atoms with van der Waals surface area (Å²) in [6, 6.07) is 9.50. The number of amides is 3. The number of hydrogen-bond acceptors (Lipinski definition) is 3. The highest BCUT2D eigenvalue weighted by Gasteiger charge is 2.37. The number of halogens is 1. The minimum Gasteiger partial charge on any atom is -0.467 e. The molecule has 2 aromatic rings. The van der Waals surface area contributed by atoms with Gasteiger partial charge in [0.1, 0.15) is 11.6 Å². The second-order valence-electron chi connectivity index (χ2n) is 7.09. The van der Waals surface area contributed by atoms with Crippen molar-refractivity contribution in [3.05, 3.63) is 59.8 Å². The lowest BCUT2D eigenvalue weighted by molar-refractivity contribution is -0.132. The molecule has 0 bridgehead atoms. The first kappa shape index (κ1) is 18.9. The molecule has 0 aliphatic carbocycles. The Labute approximate surface area is 157 Å². The van der Waals surface area contributed by atoms with Gasteiger partial charge in [-0.1, -0.05) is 19.1 Å². The number of hydrogen-bond donors (Lipinski definition) is 2. The molecule has 1 aromatic heterocycles. The maximum Gasteiger partial charge on any atom is 0.317 e. The van der Waals surface area contributed by atoms with Crippen molar-refractivity contribution in [3.63, 3.8) is 0 Å². The molecule has 144 valence electrons. The van der Waals surface area contributed by atoms with E-state index in [2.05, 4.69) is 10.6 Å². The summed E-state index contributed by atoms with van der Waals surface area (Å²) in [6.45, 7) is 3.67. The minimum absolute atomic E-state index is 0.0394. The number of nitrogens with one attached hydrogen (secondary N) is 2. The van der Waals surface area contributed by atoms with Crippen molar-refractivity contribution >= 4 is 11.9 Å². The van der Waals surface area contributed by atoms with Crippen LogP contribution in [0.1, 0.15) is 31.1 Å². The molecule has 0 unspecified atom stereocenters. The van der Waals surface area contributed by atoms with Gasteiger partial charge in [-0.3, -0.25) is 4.79 Å². The second kappa shape index (κ2) is 8.24. The molecule has 1 aromatic carbocycles. The lowest BCUT2D eigenvalue weighted by atomic mass is 9.79. The van der Waals surface area contributed by atoms with Crippen LogP contribution in [-0.2, 0) is 17.9 Å². The van der Waals surface area contributed by atoms with Crippen LogP contribution >= 0.6 is 0 Å². The number of piperidine rings is 1. The van der Waals surface area contributed by atoms with Gasteiger partial charge < -0.3 is 20.0 Å². The van der Waals surface area contributed by atoms with Gasteiger partial charge in [0, 0.05) is 25.0 Å². The number of nitrogens with zero attached hydrogens (tertiary/aromatic N) is 1. The predicted octanol–water partition coefficient (Wildman–Crippen LogP) is 3.05. The Kier molecular flexibility index (Phi) is 5.78. The van der Waals surface area contributed by atoms with Crippen LogP contribution < -0.4 is 10.6 Å². The smallest absolute Gasteiger partial charge is 0.317 e. The highest BCUT2D eigenvalue weighted by atomic mass is 19.1. The molecule has 0 radical (unpaired) electrons. The van der Waals surface area contributed by atoms with Gasteiger partial charge in [-0.25, -0.2) is 9.18 Å². The largest absolute Gasteiger partial charge is 0.467 e. The first-order valence-corrected chi connectivity index (χ1v) is 9.04. The number of likely N-dealkylation sites (tertiary alicyclic amines) is 1. The average molecular weight is 373 g/mol. The molecular formula is C20H24FN3O3. The average Bonchev–Trinajstić information content (AvgIpc) is 3.19. The van der Waals surface area contributed by atoms with Crippen molar-refractivity contribution in [2.45, 2.75) is 32.9 Å². The first-order chi connectivity index (χ1) is 13.0. The Morgan fingerprint density at radius 1 is 1.11 bits per heavy atom. The van der Waals surface area contributed by atoms with E-state index in [1.54, 1.807) is 35.4 Å². The first-order valence-electron chi connectivity index (χ1n) is 9.04.